The molecule has 2 aromatic heterocycles. The molecule has 0 fully saturated rings. The standard InChI is InChI=1S/C18H18ClN5O2S/c1-10-20-17(26-22-10)16-13-9-24(7-6-15(13)23(2)21-16)18(25)12-8-11(27-3)4-5-14(12)19/h4-5,8H,6-7,9H2,1-3H3. The summed E-state index contributed by atoms with van der Waals surface area (Å²) in [6.07, 6.45) is 2.68. The number of rotatable bonds is 3. The lowest BCUT2D eigenvalue weighted by Crippen LogP contribution is -2.36. The molecule has 0 atom stereocenters. The van der Waals surface area contributed by atoms with E-state index in [-0.39, 0.29) is 5.91 Å². The molecule has 7 nitrogen and oxygen atoms in total. The van der Waals surface area contributed by atoms with Crippen molar-refractivity contribution in [2.45, 2.75) is 24.8 Å². The molecule has 0 saturated heterocycles. The third kappa shape index (κ3) is 3.23. The molecule has 0 saturated carbocycles. The number of nitrogens with zero attached hydrogens (tertiary/aromatic N) is 5. The van der Waals surface area contributed by atoms with Crippen LogP contribution in [0.4, 0.5) is 0 Å². The van der Waals surface area contributed by atoms with E-state index in [0.29, 0.717) is 47.5 Å². The fourth-order valence-corrected chi connectivity index (χ4v) is 3.93. The fraction of sp³-hybridized carbons (Fsp3) is 0.333. The lowest BCUT2D eigenvalue weighted by atomic mass is 10.0. The number of fused-ring (bicyclic) bond motifs is 1. The molecule has 3 heterocycles. The molecule has 0 unspecified atom stereocenters. The lowest BCUT2D eigenvalue weighted by Gasteiger charge is -2.28. The monoisotopic (exact) mass is 403 g/mol. The van der Waals surface area contributed by atoms with Crippen molar-refractivity contribution in [3.8, 4) is 11.6 Å². The van der Waals surface area contributed by atoms with Crippen LogP contribution in [0.3, 0.4) is 0 Å². The van der Waals surface area contributed by atoms with E-state index < -0.39 is 0 Å². The number of thioether (sulfide) groups is 1. The normalized spacial score (nSPS) is 13.7. The number of carbonyl (C=O) groups excluding carboxylic acids is 1. The Kier molecular flexibility index (Phi) is 4.69. The molecule has 1 aliphatic heterocycles. The van der Waals surface area contributed by atoms with Crippen molar-refractivity contribution in [1.29, 1.82) is 0 Å². The Morgan fingerprint density at radius 1 is 1.37 bits per heavy atom. The first-order chi connectivity index (χ1) is 13.0. The second-order valence-corrected chi connectivity index (χ2v) is 7.65. The van der Waals surface area contributed by atoms with E-state index in [1.165, 1.54) is 0 Å². The Bertz CT molecular complexity index is 1030. The van der Waals surface area contributed by atoms with Crippen molar-refractivity contribution < 1.29 is 9.32 Å². The highest BCUT2D eigenvalue weighted by Crippen LogP contribution is 2.31. The summed E-state index contributed by atoms with van der Waals surface area (Å²) < 4.78 is 7.12. The predicted octanol–water partition coefficient (Wildman–Crippen LogP) is 3.35. The Labute approximate surface area is 165 Å². The molecule has 1 aliphatic rings. The van der Waals surface area contributed by atoms with Gasteiger partial charge in [0.1, 0.15) is 0 Å². The SMILES string of the molecule is CSc1ccc(Cl)c(C(=O)N2CCc3c(c(-c4nc(C)no4)nn3C)C2)c1. The van der Waals surface area contributed by atoms with Crippen molar-refractivity contribution in [2.75, 3.05) is 12.8 Å². The number of halogens is 1. The van der Waals surface area contributed by atoms with Gasteiger partial charge in [-0.05, 0) is 31.4 Å². The second kappa shape index (κ2) is 7.01. The van der Waals surface area contributed by atoms with E-state index >= 15 is 0 Å². The van der Waals surface area contributed by atoms with E-state index in [1.807, 2.05) is 30.1 Å². The van der Waals surface area contributed by atoms with Crippen LogP contribution in [0.15, 0.2) is 27.6 Å². The molecule has 1 aromatic carbocycles. The molecule has 0 aliphatic carbocycles. The summed E-state index contributed by atoms with van der Waals surface area (Å²) in [5, 5.41) is 8.85. The second-order valence-electron chi connectivity index (χ2n) is 6.37. The minimum Gasteiger partial charge on any atom is -0.334 e. The zero-order chi connectivity index (χ0) is 19.1. The maximum Gasteiger partial charge on any atom is 0.278 e. The van der Waals surface area contributed by atoms with E-state index in [9.17, 15) is 4.79 Å². The zero-order valence-electron chi connectivity index (χ0n) is 15.2. The first kappa shape index (κ1) is 18.1. The third-order valence-electron chi connectivity index (χ3n) is 4.66. The summed E-state index contributed by atoms with van der Waals surface area (Å²) in [7, 11) is 1.89. The van der Waals surface area contributed by atoms with Gasteiger partial charge in [0.15, 0.2) is 11.5 Å². The summed E-state index contributed by atoms with van der Waals surface area (Å²) in [4.78, 5) is 20.2. The summed E-state index contributed by atoms with van der Waals surface area (Å²) >= 11 is 7.87. The van der Waals surface area contributed by atoms with Gasteiger partial charge >= 0.3 is 0 Å². The van der Waals surface area contributed by atoms with Gasteiger partial charge in [0, 0.05) is 36.2 Å². The molecule has 4 rings (SSSR count). The van der Waals surface area contributed by atoms with Crippen molar-refractivity contribution in [3.63, 3.8) is 0 Å². The van der Waals surface area contributed by atoms with Crippen LogP contribution in [0.1, 0.15) is 27.4 Å². The average Bonchev–Trinajstić information content (AvgIpc) is 3.24. The number of amides is 1. The van der Waals surface area contributed by atoms with Crippen LogP contribution in [-0.4, -0.2) is 43.5 Å². The van der Waals surface area contributed by atoms with Crippen molar-refractivity contribution in [1.82, 2.24) is 24.8 Å². The highest BCUT2D eigenvalue weighted by Gasteiger charge is 2.30. The number of hydrogen-bond acceptors (Lipinski definition) is 6. The fourth-order valence-electron chi connectivity index (χ4n) is 3.30. The molecular formula is C18H18ClN5O2S. The minimum atomic E-state index is -0.0851. The summed E-state index contributed by atoms with van der Waals surface area (Å²) in [6, 6.07) is 5.53. The summed E-state index contributed by atoms with van der Waals surface area (Å²) in [5.41, 5.74) is 3.17. The van der Waals surface area contributed by atoms with E-state index in [2.05, 4.69) is 15.2 Å². The van der Waals surface area contributed by atoms with Gasteiger partial charge in [0.2, 0.25) is 0 Å². The quantitative estimate of drug-likeness (QED) is 0.624. The average molecular weight is 404 g/mol. The smallest absolute Gasteiger partial charge is 0.278 e. The largest absolute Gasteiger partial charge is 0.334 e. The van der Waals surface area contributed by atoms with E-state index in [1.54, 1.807) is 29.7 Å². The molecule has 140 valence electrons. The van der Waals surface area contributed by atoms with Crippen molar-refractivity contribution >= 4 is 29.3 Å². The highest BCUT2D eigenvalue weighted by atomic mass is 35.5. The minimum absolute atomic E-state index is 0.0851. The van der Waals surface area contributed by atoms with E-state index in [4.69, 9.17) is 16.1 Å². The van der Waals surface area contributed by atoms with Gasteiger partial charge in [-0.25, -0.2) is 0 Å². The van der Waals surface area contributed by atoms with Crippen LogP contribution in [0, 0.1) is 6.92 Å². The maximum atomic E-state index is 13.1. The van der Waals surface area contributed by atoms with Crippen molar-refractivity contribution in [3.05, 3.63) is 45.9 Å². The molecule has 1 amide bonds. The van der Waals surface area contributed by atoms with Crippen molar-refractivity contribution in [2.24, 2.45) is 7.05 Å². The Morgan fingerprint density at radius 2 is 2.19 bits per heavy atom. The molecule has 0 spiro atoms. The van der Waals surface area contributed by atoms with Gasteiger partial charge in [0.05, 0.1) is 17.1 Å². The Balaban J connectivity index is 1.68. The number of aryl methyl sites for hydroxylation is 2. The van der Waals surface area contributed by atoms with Crippen LogP contribution in [0.5, 0.6) is 0 Å². The highest BCUT2D eigenvalue weighted by molar-refractivity contribution is 7.98. The number of benzene rings is 1. The number of aromatic nitrogens is 4. The van der Waals surface area contributed by atoms with Crippen LogP contribution >= 0.6 is 23.4 Å². The molecule has 3 aromatic rings. The molecule has 0 radical (unpaired) electrons. The van der Waals surface area contributed by atoms with Crippen LogP contribution < -0.4 is 0 Å². The Morgan fingerprint density at radius 3 is 2.89 bits per heavy atom. The van der Waals surface area contributed by atoms with Crippen LogP contribution in [0.25, 0.3) is 11.6 Å². The first-order valence-electron chi connectivity index (χ1n) is 8.46. The maximum absolute atomic E-state index is 13.1. The van der Waals surface area contributed by atoms with Gasteiger partial charge in [-0.3, -0.25) is 9.48 Å². The van der Waals surface area contributed by atoms with Crippen LogP contribution in [0.2, 0.25) is 5.02 Å². The van der Waals surface area contributed by atoms with Gasteiger partial charge in [-0.2, -0.15) is 10.1 Å². The molecule has 0 N–H and O–H groups in total. The third-order valence-corrected chi connectivity index (χ3v) is 5.72. The van der Waals surface area contributed by atoms with Gasteiger partial charge in [0.25, 0.3) is 11.8 Å². The number of carbonyl (C=O) groups is 1. The Hall–Kier alpha value is -2.32. The number of hydrogen-bond donors (Lipinski definition) is 0. The topological polar surface area (TPSA) is 77.1 Å². The van der Waals surface area contributed by atoms with Crippen LogP contribution in [-0.2, 0) is 20.0 Å². The molecule has 27 heavy (non-hydrogen) atoms. The van der Waals surface area contributed by atoms with Gasteiger partial charge in [-0.1, -0.05) is 16.8 Å². The first-order valence-corrected chi connectivity index (χ1v) is 10.1. The van der Waals surface area contributed by atoms with E-state index in [0.717, 1.165) is 16.2 Å². The van der Waals surface area contributed by atoms with Gasteiger partial charge < -0.3 is 9.42 Å². The molecule has 9 heteroatoms. The summed E-state index contributed by atoms with van der Waals surface area (Å²) in [6.45, 7) is 2.80. The molecular weight excluding hydrogens is 386 g/mol. The zero-order valence-corrected chi connectivity index (χ0v) is 16.8. The van der Waals surface area contributed by atoms with Gasteiger partial charge in [-0.15, -0.1) is 11.8 Å². The predicted molar refractivity (Wildman–Crippen MR) is 103 cm³/mol. The lowest BCUT2D eigenvalue weighted by molar-refractivity contribution is 0.0733. The molecule has 0 bridgehead atoms. The summed E-state index contributed by atoms with van der Waals surface area (Å²) in [5.74, 6) is 0.841.